The summed E-state index contributed by atoms with van der Waals surface area (Å²) in [5.41, 5.74) is 20.3. The molecule has 0 bridgehead atoms. The van der Waals surface area contributed by atoms with E-state index in [1.165, 1.54) is 99.7 Å². The van der Waals surface area contributed by atoms with Gasteiger partial charge in [-0.15, -0.1) is 0 Å². The standard InChI is InChI=1S/C57H45BN2O/c1-55(2,3)36-28-30-44-40(32-36)48-49-38-22-13-16-27-47(38)61-54(49)50-39-23-17-25-42-52(39)60(58-43-33-37(56(4,5)6)29-31-46(43)59(44)53(48)51(50)58)45-26-15-14-24-41(45)57(42,34-18-9-7-10-19-34)35-20-11-8-12-21-35/h7-33H,1-6H3. The zero-order valence-corrected chi connectivity index (χ0v) is 35.5. The molecule has 5 heterocycles. The molecule has 0 aliphatic carbocycles. The van der Waals surface area contributed by atoms with Crippen molar-refractivity contribution in [2.24, 2.45) is 0 Å². The third kappa shape index (κ3) is 4.35. The van der Waals surface area contributed by atoms with E-state index in [2.05, 4.69) is 215 Å². The maximum atomic E-state index is 7.30. The van der Waals surface area contributed by atoms with Crippen LogP contribution in [-0.4, -0.2) is 11.4 Å². The molecule has 61 heavy (non-hydrogen) atoms. The van der Waals surface area contributed by atoms with Crippen LogP contribution in [-0.2, 0) is 16.2 Å². The summed E-state index contributed by atoms with van der Waals surface area (Å²) >= 11 is 0. The average molecular weight is 785 g/mol. The molecule has 0 amide bonds. The average Bonchev–Trinajstić information content (AvgIpc) is 3.83. The second-order valence-electron chi connectivity index (χ2n) is 19.6. The fraction of sp³-hybridized carbons (Fsp3) is 0.158. The van der Waals surface area contributed by atoms with Gasteiger partial charge in [0.15, 0.2) is 0 Å². The molecule has 8 aromatic carbocycles. The van der Waals surface area contributed by atoms with Gasteiger partial charge in [0.1, 0.15) is 11.2 Å². The molecule has 0 unspecified atom stereocenters. The van der Waals surface area contributed by atoms with E-state index in [9.17, 15) is 0 Å². The van der Waals surface area contributed by atoms with Gasteiger partial charge in [0.2, 0.25) is 0 Å². The van der Waals surface area contributed by atoms with E-state index < -0.39 is 5.41 Å². The van der Waals surface area contributed by atoms with Crippen molar-refractivity contribution in [1.29, 1.82) is 0 Å². The van der Waals surface area contributed by atoms with E-state index >= 15 is 0 Å². The molecule has 0 saturated heterocycles. The number of anilines is 2. The maximum Gasteiger partial charge on any atom is 0.333 e. The van der Waals surface area contributed by atoms with Gasteiger partial charge in [0.05, 0.1) is 16.4 Å². The predicted molar refractivity (Wildman–Crippen MR) is 256 cm³/mol. The quantitative estimate of drug-likeness (QED) is 0.163. The Labute approximate surface area is 357 Å². The van der Waals surface area contributed by atoms with Crippen LogP contribution < -0.4 is 15.7 Å². The minimum atomic E-state index is -0.585. The lowest BCUT2D eigenvalue weighted by Gasteiger charge is -2.51. The molecule has 2 aromatic heterocycles. The van der Waals surface area contributed by atoms with Crippen molar-refractivity contribution in [3.05, 3.63) is 197 Å². The fourth-order valence-electron chi connectivity index (χ4n) is 11.6. The van der Waals surface area contributed by atoms with Crippen LogP contribution in [0, 0.1) is 0 Å². The molecule has 13 rings (SSSR count). The molecule has 0 saturated carbocycles. The minimum absolute atomic E-state index is 0.0203. The van der Waals surface area contributed by atoms with Gasteiger partial charge in [-0.05, 0) is 85.5 Å². The van der Waals surface area contributed by atoms with E-state index in [4.69, 9.17) is 4.42 Å². The van der Waals surface area contributed by atoms with Crippen LogP contribution >= 0.6 is 0 Å². The van der Waals surface area contributed by atoms with Crippen LogP contribution in [0.3, 0.4) is 0 Å². The first-order valence-electron chi connectivity index (χ1n) is 21.8. The number of para-hydroxylation sites is 3. The SMILES string of the molecule is CC(C)(C)c1ccc2c(c1)B1c3c(c4oc5ccccc5c4c4c5cc(C(C)(C)C)ccc5n-2c34)-c2cccc3c2N1c1ccccc1C3(c1ccccc1)c1ccccc1. The zero-order valence-electron chi connectivity index (χ0n) is 35.5. The highest BCUT2D eigenvalue weighted by atomic mass is 16.3. The summed E-state index contributed by atoms with van der Waals surface area (Å²) in [6, 6.07) is 61.9. The number of fused-ring (bicyclic) bond motifs is 15. The number of benzene rings is 8. The molecule has 10 aromatic rings. The Morgan fingerprint density at radius 2 is 1.18 bits per heavy atom. The Morgan fingerprint density at radius 3 is 1.92 bits per heavy atom. The minimum Gasteiger partial charge on any atom is -0.455 e. The monoisotopic (exact) mass is 784 g/mol. The number of nitrogens with zero attached hydrogens (tertiary/aromatic N) is 2. The molecule has 3 aliphatic rings. The Hall–Kier alpha value is -6.78. The Kier molecular flexibility index (Phi) is 6.74. The first-order valence-corrected chi connectivity index (χ1v) is 21.8. The third-order valence-corrected chi connectivity index (χ3v) is 14.3. The third-order valence-electron chi connectivity index (χ3n) is 14.3. The second-order valence-corrected chi connectivity index (χ2v) is 19.6. The highest BCUT2D eigenvalue weighted by molar-refractivity contribution is 6.94. The molecule has 292 valence electrons. The van der Waals surface area contributed by atoms with E-state index in [0.717, 1.165) is 16.6 Å². The van der Waals surface area contributed by atoms with Crippen molar-refractivity contribution < 1.29 is 4.42 Å². The molecule has 0 radical (unpaired) electrons. The summed E-state index contributed by atoms with van der Waals surface area (Å²) in [4.78, 5) is 2.73. The Morgan fingerprint density at radius 1 is 0.541 bits per heavy atom. The lowest BCUT2D eigenvalue weighted by Crippen LogP contribution is -2.62. The second kappa shape index (κ2) is 11.7. The first-order chi connectivity index (χ1) is 29.6. The smallest absolute Gasteiger partial charge is 0.333 e. The molecular weight excluding hydrogens is 739 g/mol. The van der Waals surface area contributed by atoms with E-state index in [-0.39, 0.29) is 17.7 Å². The maximum absolute atomic E-state index is 7.30. The molecule has 0 N–H and O–H groups in total. The van der Waals surface area contributed by atoms with E-state index in [0.29, 0.717) is 0 Å². The molecule has 3 nitrogen and oxygen atoms in total. The van der Waals surface area contributed by atoms with Crippen LogP contribution in [0.2, 0.25) is 0 Å². The lowest BCUT2D eigenvalue weighted by molar-refractivity contribution is 0.590. The van der Waals surface area contributed by atoms with E-state index in [1.807, 2.05) is 0 Å². The highest BCUT2D eigenvalue weighted by Crippen LogP contribution is 2.61. The van der Waals surface area contributed by atoms with Gasteiger partial charge in [-0.2, -0.15) is 0 Å². The number of hydrogen-bond donors (Lipinski definition) is 0. The number of hydrogen-bond acceptors (Lipinski definition) is 2. The van der Waals surface area contributed by atoms with Crippen molar-refractivity contribution >= 4 is 72.9 Å². The van der Waals surface area contributed by atoms with E-state index in [1.54, 1.807) is 0 Å². The van der Waals surface area contributed by atoms with Crippen LogP contribution in [0.5, 0.6) is 0 Å². The van der Waals surface area contributed by atoms with Crippen LogP contribution in [0.1, 0.15) is 74.9 Å². The summed E-state index contributed by atoms with van der Waals surface area (Å²) < 4.78 is 9.91. The molecular formula is C57H45BN2O. The van der Waals surface area contributed by atoms with Crippen LogP contribution in [0.4, 0.5) is 11.4 Å². The van der Waals surface area contributed by atoms with Gasteiger partial charge in [0.25, 0.3) is 0 Å². The van der Waals surface area contributed by atoms with Gasteiger partial charge in [-0.25, -0.2) is 0 Å². The van der Waals surface area contributed by atoms with Crippen molar-refractivity contribution in [3.8, 4) is 16.8 Å². The Balaban J connectivity index is 1.30. The van der Waals surface area contributed by atoms with Gasteiger partial charge < -0.3 is 13.8 Å². The largest absolute Gasteiger partial charge is 0.455 e. The number of aromatic nitrogens is 1. The first kappa shape index (κ1) is 35.0. The van der Waals surface area contributed by atoms with Gasteiger partial charge in [-0.3, -0.25) is 0 Å². The lowest BCUT2D eigenvalue weighted by atomic mass is 9.42. The summed E-state index contributed by atoms with van der Waals surface area (Å²) in [6.45, 7) is 13.8. The zero-order chi connectivity index (χ0) is 41.2. The predicted octanol–water partition coefficient (Wildman–Crippen LogP) is 13.2. The molecule has 0 fully saturated rings. The van der Waals surface area contributed by atoms with Crippen LogP contribution in [0.25, 0.3) is 60.6 Å². The van der Waals surface area contributed by atoms with Crippen molar-refractivity contribution in [3.63, 3.8) is 0 Å². The van der Waals surface area contributed by atoms with Crippen molar-refractivity contribution in [1.82, 2.24) is 4.57 Å². The number of furan rings is 1. The van der Waals surface area contributed by atoms with Crippen molar-refractivity contribution in [2.45, 2.75) is 57.8 Å². The summed E-state index contributed by atoms with van der Waals surface area (Å²) in [7, 11) is 0. The van der Waals surface area contributed by atoms with Crippen molar-refractivity contribution in [2.75, 3.05) is 4.81 Å². The molecule has 3 aliphatic heterocycles. The van der Waals surface area contributed by atoms with Gasteiger partial charge >= 0.3 is 6.85 Å². The summed E-state index contributed by atoms with van der Waals surface area (Å²) in [5, 5.41) is 4.92. The van der Waals surface area contributed by atoms with Gasteiger partial charge in [-0.1, -0.05) is 175 Å². The highest BCUT2D eigenvalue weighted by Gasteiger charge is 2.54. The molecule has 4 heteroatoms. The molecule has 0 atom stereocenters. The molecule has 0 spiro atoms. The number of rotatable bonds is 2. The summed E-state index contributed by atoms with van der Waals surface area (Å²) in [6.07, 6.45) is 0. The van der Waals surface area contributed by atoms with Crippen LogP contribution in [0.15, 0.2) is 168 Å². The fourth-order valence-corrected chi connectivity index (χ4v) is 11.6. The normalized spacial score (nSPS) is 14.8. The summed E-state index contributed by atoms with van der Waals surface area (Å²) in [5.74, 6) is 0. The Bertz CT molecular complexity index is 3470. The topological polar surface area (TPSA) is 21.3 Å². The van der Waals surface area contributed by atoms with Gasteiger partial charge in [0, 0.05) is 49.7 Å².